The summed E-state index contributed by atoms with van der Waals surface area (Å²) in [5, 5.41) is 13.1. The van der Waals surface area contributed by atoms with E-state index in [1.807, 2.05) is 48.5 Å². The number of anilines is 1. The lowest BCUT2D eigenvalue weighted by atomic mass is 10.1. The highest BCUT2D eigenvalue weighted by atomic mass is 35.5. The highest BCUT2D eigenvalue weighted by Crippen LogP contribution is 2.25. The molecule has 1 aromatic heterocycles. The van der Waals surface area contributed by atoms with E-state index in [2.05, 4.69) is 24.1 Å². The third-order valence-corrected chi connectivity index (χ3v) is 5.30. The third-order valence-electron chi connectivity index (χ3n) is 5.04. The topological polar surface area (TPSA) is 80.3 Å². The largest absolute Gasteiger partial charge is 0.484 e. The van der Waals surface area contributed by atoms with Gasteiger partial charge in [-0.1, -0.05) is 29.8 Å². The van der Waals surface area contributed by atoms with Gasteiger partial charge in [-0.3, -0.25) is 0 Å². The van der Waals surface area contributed by atoms with Gasteiger partial charge in [0.1, 0.15) is 23.3 Å². The predicted octanol–water partition coefficient (Wildman–Crippen LogP) is 6.80. The van der Waals surface area contributed by atoms with Crippen LogP contribution in [0.4, 0.5) is 5.88 Å². The van der Waals surface area contributed by atoms with Crippen molar-refractivity contribution in [3.8, 4) is 23.3 Å². The zero-order chi connectivity index (χ0) is 23.2. The Morgan fingerprint density at radius 1 is 0.939 bits per heavy atom. The first kappa shape index (κ1) is 22.3. The zero-order valence-corrected chi connectivity index (χ0v) is 19.0. The molecule has 0 saturated heterocycles. The Morgan fingerprint density at radius 2 is 1.64 bits per heavy atom. The molecule has 1 heterocycles. The molecule has 6 nitrogen and oxygen atoms in total. The van der Waals surface area contributed by atoms with Gasteiger partial charge in [-0.15, -0.1) is 0 Å². The molecule has 4 rings (SSSR count). The molecule has 166 valence electrons. The molecule has 3 aromatic carbocycles. The average Bonchev–Trinajstić information content (AvgIpc) is 3.23. The Labute approximate surface area is 197 Å². The van der Waals surface area contributed by atoms with Crippen LogP contribution in [0.5, 0.6) is 17.2 Å². The van der Waals surface area contributed by atoms with Crippen molar-refractivity contribution in [2.24, 2.45) is 0 Å². The fourth-order valence-corrected chi connectivity index (χ4v) is 3.19. The number of nitrogens with one attached hydrogen (secondary N) is 1. The van der Waals surface area contributed by atoms with Crippen molar-refractivity contribution >= 4 is 17.5 Å². The monoisotopic (exact) mass is 459 g/mol. The van der Waals surface area contributed by atoms with Crippen molar-refractivity contribution in [1.82, 2.24) is 4.98 Å². The van der Waals surface area contributed by atoms with Crippen molar-refractivity contribution in [1.29, 1.82) is 5.26 Å². The van der Waals surface area contributed by atoms with Crippen molar-refractivity contribution in [3.05, 3.63) is 100 Å². The van der Waals surface area contributed by atoms with Crippen LogP contribution in [0.2, 0.25) is 5.02 Å². The second kappa shape index (κ2) is 10.1. The van der Waals surface area contributed by atoms with E-state index in [1.54, 1.807) is 24.3 Å². The van der Waals surface area contributed by atoms with Gasteiger partial charge in [-0.25, -0.2) is 0 Å². The first-order valence-electron chi connectivity index (χ1n) is 10.4. The number of hydrogen-bond acceptors (Lipinski definition) is 6. The smallest absolute Gasteiger partial charge is 0.236 e. The Hall–Kier alpha value is -3.95. The fourth-order valence-electron chi connectivity index (χ4n) is 3.07. The molecule has 0 radical (unpaired) electrons. The molecule has 0 aliphatic heterocycles. The molecule has 0 unspecified atom stereocenters. The van der Waals surface area contributed by atoms with Gasteiger partial charge < -0.3 is 19.2 Å². The molecule has 0 bridgehead atoms. The van der Waals surface area contributed by atoms with Crippen molar-refractivity contribution in [2.45, 2.75) is 27.0 Å². The Kier molecular flexibility index (Phi) is 6.82. The van der Waals surface area contributed by atoms with Gasteiger partial charge in [0.15, 0.2) is 6.61 Å². The minimum Gasteiger partial charge on any atom is -0.484 e. The predicted molar refractivity (Wildman–Crippen MR) is 127 cm³/mol. The molecule has 0 fully saturated rings. The lowest BCUT2D eigenvalue weighted by Crippen LogP contribution is -1.99. The number of aromatic nitrogens is 1. The quantitative estimate of drug-likeness (QED) is 0.312. The molecule has 0 amide bonds. The van der Waals surface area contributed by atoms with Gasteiger partial charge in [-0.05, 0) is 79.1 Å². The van der Waals surface area contributed by atoms with Crippen molar-refractivity contribution in [2.75, 3.05) is 5.32 Å². The minimum absolute atomic E-state index is 0.0997. The number of nitriles is 1. The molecule has 7 heteroatoms. The van der Waals surface area contributed by atoms with E-state index < -0.39 is 0 Å². The van der Waals surface area contributed by atoms with Crippen LogP contribution < -0.4 is 14.8 Å². The fraction of sp³-hybridized carbons (Fsp3) is 0.154. The maximum atomic E-state index is 9.37. The van der Waals surface area contributed by atoms with Crippen LogP contribution in [0, 0.1) is 25.2 Å². The summed E-state index contributed by atoms with van der Waals surface area (Å²) in [4.78, 5) is 4.19. The van der Waals surface area contributed by atoms with E-state index >= 15 is 0 Å². The molecular weight excluding hydrogens is 438 g/mol. The maximum absolute atomic E-state index is 9.37. The summed E-state index contributed by atoms with van der Waals surface area (Å²) in [7, 11) is 0. The molecule has 33 heavy (non-hydrogen) atoms. The number of ether oxygens (including phenoxy) is 2. The number of hydrogen-bond donors (Lipinski definition) is 1. The van der Waals surface area contributed by atoms with E-state index in [9.17, 15) is 5.26 Å². The normalized spacial score (nSPS) is 10.5. The van der Waals surface area contributed by atoms with Gasteiger partial charge in [-0.2, -0.15) is 10.2 Å². The molecule has 1 N–H and O–H groups in total. The van der Waals surface area contributed by atoms with Crippen LogP contribution in [0.1, 0.15) is 28.3 Å². The molecule has 0 saturated carbocycles. The minimum atomic E-state index is 0.0997. The average molecular weight is 460 g/mol. The molecule has 0 aliphatic carbocycles. The first-order valence-corrected chi connectivity index (χ1v) is 10.7. The number of halogens is 1. The summed E-state index contributed by atoms with van der Waals surface area (Å²) < 4.78 is 17.2. The lowest BCUT2D eigenvalue weighted by molar-refractivity contribution is 0.265. The summed E-state index contributed by atoms with van der Waals surface area (Å²) in [6.45, 7) is 4.70. The van der Waals surface area contributed by atoms with Crippen LogP contribution in [0.25, 0.3) is 0 Å². The van der Waals surface area contributed by atoms with E-state index in [0.717, 1.165) is 17.1 Å². The second-order valence-electron chi connectivity index (χ2n) is 7.49. The number of oxazole rings is 1. The number of aryl methyl sites for hydroxylation is 2. The van der Waals surface area contributed by atoms with Crippen LogP contribution in [-0.2, 0) is 13.2 Å². The Balaban J connectivity index is 1.34. The summed E-state index contributed by atoms with van der Waals surface area (Å²) in [5.74, 6) is 2.80. The van der Waals surface area contributed by atoms with Gasteiger partial charge in [0.25, 0.3) is 0 Å². The van der Waals surface area contributed by atoms with Gasteiger partial charge >= 0.3 is 0 Å². The van der Waals surface area contributed by atoms with Crippen LogP contribution in [-0.4, -0.2) is 4.98 Å². The zero-order valence-electron chi connectivity index (χ0n) is 18.3. The maximum Gasteiger partial charge on any atom is 0.236 e. The lowest BCUT2D eigenvalue weighted by Gasteiger charge is -2.09. The van der Waals surface area contributed by atoms with Gasteiger partial charge in [0.2, 0.25) is 17.5 Å². The van der Waals surface area contributed by atoms with Crippen LogP contribution in [0.3, 0.4) is 0 Å². The summed E-state index contributed by atoms with van der Waals surface area (Å²) in [6, 6.07) is 22.8. The second-order valence-corrected chi connectivity index (χ2v) is 7.92. The SMILES string of the molecule is Cc1ccc(Oc2ccc(CNc3oc(COc4ccc(Cl)cc4)nc3C#N)cc2)cc1C. The summed E-state index contributed by atoms with van der Waals surface area (Å²) in [6.07, 6.45) is 0. The van der Waals surface area contributed by atoms with Gasteiger partial charge in [0, 0.05) is 11.6 Å². The van der Waals surface area contributed by atoms with E-state index in [4.69, 9.17) is 25.5 Å². The number of nitrogens with zero attached hydrogens (tertiary/aromatic N) is 2. The molecule has 0 aliphatic rings. The van der Waals surface area contributed by atoms with Crippen LogP contribution >= 0.6 is 11.6 Å². The summed E-state index contributed by atoms with van der Waals surface area (Å²) in [5.41, 5.74) is 3.60. The van der Waals surface area contributed by atoms with Crippen LogP contribution in [0.15, 0.2) is 71.1 Å². The van der Waals surface area contributed by atoms with E-state index in [0.29, 0.717) is 29.1 Å². The third kappa shape index (κ3) is 5.85. The molecule has 0 atom stereocenters. The molecule has 4 aromatic rings. The Morgan fingerprint density at radius 3 is 2.33 bits per heavy atom. The summed E-state index contributed by atoms with van der Waals surface area (Å²) >= 11 is 5.88. The highest BCUT2D eigenvalue weighted by Gasteiger charge is 2.13. The number of rotatable bonds is 8. The van der Waals surface area contributed by atoms with Crippen molar-refractivity contribution < 1.29 is 13.9 Å². The number of benzene rings is 3. The standard InChI is InChI=1S/C26H22ClN3O3/c1-17-3-8-23(13-18(17)2)32-22-9-4-19(5-10-22)15-29-26-24(14-28)30-25(33-26)16-31-21-11-6-20(27)7-12-21/h3-13,29H,15-16H2,1-2H3. The Bertz CT molecular complexity index is 1280. The van der Waals surface area contributed by atoms with Gasteiger partial charge in [0.05, 0.1) is 0 Å². The molecule has 0 spiro atoms. The van der Waals surface area contributed by atoms with E-state index in [-0.39, 0.29) is 12.3 Å². The van der Waals surface area contributed by atoms with E-state index in [1.165, 1.54) is 11.1 Å². The highest BCUT2D eigenvalue weighted by molar-refractivity contribution is 6.30. The van der Waals surface area contributed by atoms with Crippen molar-refractivity contribution in [3.63, 3.8) is 0 Å². The molecular formula is C26H22ClN3O3. The first-order chi connectivity index (χ1) is 16.0.